The number of ether oxygens (including phenoxy) is 1. The summed E-state index contributed by atoms with van der Waals surface area (Å²) < 4.78 is 45.7. The van der Waals surface area contributed by atoms with E-state index < -0.39 is 28.8 Å². The predicted octanol–water partition coefficient (Wildman–Crippen LogP) is 4.11. The molecule has 0 aliphatic heterocycles. The van der Waals surface area contributed by atoms with Crippen LogP contribution in [-0.4, -0.2) is 12.9 Å². The molecule has 0 unspecified atom stereocenters. The minimum atomic E-state index is -1.07. The van der Waals surface area contributed by atoms with Crippen molar-refractivity contribution in [3.63, 3.8) is 0 Å². The lowest BCUT2D eigenvalue weighted by molar-refractivity contribution is 0.103. The van der Waals surface area contributed by atoms with Gasteiger partial charge in [0.2, 0.25) is 0 Å². The molecule has 0 bridgehead atoms. The van der Waals surface area contributed by atoms with Gasteiger partial charge in [-0.1, -0.05) is 15.9 Å². The summed E-state index contributed by atoms with van der Waals surface area (Å²) in [5, 5.41) is 0. The molecule has 20 heavy (non-hydrogen) atoms. The van der Waals surface area contributed by atoms with Gasteiger partial charge in [0.15, 0.2) is 5.78 Å². The molecule has 0 saturated carbocycles. The average Bonchev–Trinajstić information content (AvgIpc) is 2.40. The third-order valence-corrected chi connectivity index (χ3v) is 3.34. The van der Waals surface area contributed by atoms with Crippen LogP contribution in [0.3, 0.4) is 0 Å². The molecule has 0 radical (unpaired) electrons. The number of methoxy groups -OCH3 is 1. The molecule has 0 spiro atoms. The van der Waals surface area contributed by atoms with E-state index >= 15 is 0 Å². The molecule has 0 aromatic heterocycles. The average molecular weight is 345 g/mol. The molecule has 2 rings (SSSR count). The van der Waals surface area contributed by atoms with E-state index in [1.54, 1.807) is 0 Å². The molecule has 2 nitrogen and oxygen atoms in total. The van der Waals surface area contributed by atoms with Crippen LogP contribution in [-0.2, 0) is 0 Å². The highest BCUT2D eigenvalue weighted by Gasteiger charge is 2.22. The number of carbonyl (C=O) groups excluding carboxylic acids is 1. The molecule has 0 N–H and O–H groups in total. The second-order valence-corrected chi connectivity index (χ2v) is 4.77. The van der Waals surface area contributed by atoms with Crippen molar-refractivity contribution >= 4 is 21.7 Å². The van der Waals surface area contributed by atoms with Gasteiger partial charge >= 0.3 is 0 Å². The molecule has 0 amide bonds. The molecule has 104 valence electrons. The molecule has 0 fully saturated rings. The Labute approximate surface area is 121 Å². The van der Waals surface area contributed by atoms with Crippen molar-refractivity contribution in [1.29, 1.82) is 0 Å². The first-order chi connectivity index (χ1) is 9.43. The standard InChI is InChI=1S/C14H8BrF3O2/c1-20-8-5-11(17)13(12(18)6-8)14(19)9-4-7(16)2-3-10(9)15/h2-6H,1H3. The summed E-state index contributed by atoms with van der Waals surface area (Å²) in [6, 6.07) is 5.12. The first-order valence-electron chi connectivity index (χ1n) is 5.47. The molecule has 0 atom stereocenters. The smallest absolute Gasteiger partial charge is 0.200 e. The highest BCUT2D eigenvalue weighted by atomic mass is 79.9. The Morgan fingerprint density at radius 1 is 1.10 bits per heavy atom. The van der Waals surface area contributed by atoms with Crippen LogP contribution in [0, 0.1) is 17.5 Å². The van der Waals surface area contributed by atoms with Gasteiger partial charge in [0.1, 0.15) is 23.2 Å². The lowest BCUT2D eigenvalue weighted by Crippen LogP contribution is -2.09. The molecular weight excluding hydrogens is 337 g/mol. The fourth-order valence-electron chi connectivity index (χ4n) is 1.69. The van der Waals surface area contributed by atoms with Crippen molar-refractivity contribution in [2.45, 2.75) is 0 Å². The van der Waals surface area contributed by atoms with Gasteiger partial charge in [-0.25, -0.2) is 13.2 Å². The van der Waals surface area contributed by atoms with Crippen LogP contribution in [0.1, 0.15) is 15.9 Å². The summed E-state index contributed by atoms with van der Waals surface area (Å²) >= 11 is 3.05. The molecule has 0 saturated heterocycles. The van der Waals surface area contributed by atoms with Gasteiger partial charge in [-0.15, -0.1) is 0 Å². The van der Waals surface area contributed by atoms with Crippen LogP contribution in [0.2, 0.25) is 0 Å². The molecule has 2 aromatic rings. The summed E-state index contributed by atoms with van der Waals surface area (Å²) in [7, 11) is 1.25. The zero-order chi connectivity index (χ0) is 14.9. The van der Waals surface area contributed by atoms with Crippen molar-refractivity contribution in [2.24, 2.45) is 0 Å². The van der Waals surface area contributed by atoms with Crippen molar-refractivity contribution in [3.8, 4) is 5.75 Å². The van der Waals surface area contributed by atoms with Gasteiger partial charge in [-0.05, 0) is 18.2 Å². The highest BCUT2D eigenvalue weighted by Crippen LogP contribution is 2.26. The van der Waals surface area contributed by atoms with E-state index in [1.165, 1.54) is 13.2 Å². The number of hydrogen-bond donors (Lipinski definition) is 0. The SMILES string of the molecule is COc1cc(F)c(C(=O)c2cc(F)ccc2Br)c(F)c1. The number of benzene rings is 2. The van der Waals surface area contributed by atoms with Gasteiger partial charge in [0.05, 0.1) is 12.7 Å². The van der Waals surface area contributed by atoms with Gasteiger partial charge in [-0.3, -0.25) is 4.79 Å². The van der Waals surface area contributed by atoms with E-state index in [4.69, 9.17) is 4.74 Å². The molecule has 2 aromatic carbocycles. The Morgan fingerprint density at radius 2 is 1.70 bits per heavy atom. The third-order valence-electron chi connectivity index (χ3n) is 2.65. The van der Waals surface area contributed by atoms with Crippen molar-refractivity contribution < 1.29 is 22.7 Å². The topological polar surface area (TPSA) is 26.3 Å². The maximum Gasteiger partial charge on any atom is 0.200 e. The summed E-state index contributed by atoms with van der Waals surface area (Å²) in [4.78, 5) is 12.1. The van der Waals surface area contributed by atoms with Crippen LogP contribution in [0.4, 0.5) is 13.2 Å². The number of halogens is 4. The molecule has 0 heterocycles. The fraction of sp³-hybridized carbons (Fsp3) is 0.0714. The van der Waals surface area contributed by atoms with Crippen molar-refractivity contribution in [2.75, 3.05) is 7.11 Å². The zero-order valence-corrected chi connectivity index (χ0v) is 11.8. The number of rotatable bonds is 3. The zero-order valence-electron chi connectivity index (χ0n) is 10.2. The van der Waals surface area contributed by atoms with E-state index in [2.05, 4.69) is 15.9 Å². The molecular formula is C14H8BrF3O2. The van der Waals surface area contributed by atoms with Gasteiger partial charge in [-0.2, -0.15) is 0 Å². The predicted molar refractivity (Wildman–Crippen MR) is 70.4 cm³/mol. The minimum absolute atomic E-state index is 0.0464. The van der Waals surface area contributed by atoms with Gasteiger partial charge in [0, 0.05) is 22.2 Å². The first-order valence-corrected chi connectivity index (χ1v) is 6.26. The van der Waals surface area contributed by atoms with Crippen LogP contribution in [0.15, 0.2) is 34.8 Å². The Hall–Kier alpha value is -1.82. The Bertz CT molecular complexity index is 663. The summed E-state index contributed by atoms with van der Waals surface area (Å²) in [6.07, 6.45) is 0. The fourth-order valence-corrected chi connectivity index (χ4v) is 2.12. The van der Waals surface area contributed by atoms with Gasteiger partial charge < -0.3 is 4.74 Å². The molecule has 0 aliphatic carbocycles. The van der Waals surface area contributed by atoms with E-state index in [0.717, 1.165) is 24.3 Å². The van der Waals surface area contributed by atoms with Gasteiger partial charge in [0.25, 0.3) is 0 Å². The van der Waals surface area contributed by atoms with Crippen molar-refractivity contribution in [3.05, 3.63) is 63.4 Å². The molecule has 6 heteroatoms. The maximum absolute atomic E-state index is 13.8. The monoisotopic (exact) mass is 344 g/mol. The minimum Gasteiger partial charge on any atom is -0.497 e. The molecule has 0 aliphatic rings. The van der Waals surface area contributed by atoms with Crippen LogP contribution < -0.4 is 4.74 Å². The third kappa shape index (κ3) is 2.70. The van der Waals surface area contributed by atoms with E-state index in [-0.39, 0.29) is 15.8 Å². The van der Waals surface area contributed by atoms with E-state index in [1.807, 2.05) is 0 Å². The number of hydrogen-bond acceptors (Lipinski definition) is 2. The summed E-state index contributed by atoms with van der Waals surface area (Å²) in [6.45, 7) is 0. The second-order valence-electron chi connectivity index (χ2n) is 3.92. The number of ketones is 1. The Balaban J connectivity index is 2.56. The van der Waals surface area contributed by atoms with Crippen molar-refractivity contribution in [1.82, 2.24) is 0 Å². The Morgan fingerprint density at radius 3 is 2.25 bits per heavy atom. The van der Waals surface area contributed by atoms with Crippen LogP contribution >= 0.6 is 15.9 Å². The van der Waals surface area contributed by atoms with Crippen LogP contribution in [0.25, 0.3) is 0 Å². The van der Waals surface area contributed by atoms with Crippen LogP contribution in [0.5, 0.6) is 5.75 Å². The van der Waals surface area contributed by atoms with E-state index in [9.17, 15) is 18.0 Å². The van der Waals surface area contributed by atoms with E-state index in [0.29, 0.717) is 0 Å². The summed E-state index contributed by atoms with van der Waals surface area (Å²) in [5.41, 5.74) is -0.912. The number of carbonyl (C=O) groups is 1. The second kappa shape index (κ2) is 5.66. The lowest BCUT2D eigenvalue weighted by atomic mass is 10.0. The maximum atomic E-state index is 13.8. The summed E-state index contributed by atoms with van der Waals surface area (Å²) in [5.74, 6) is -3.80. The highest BCUT2D eigenvalue weighted by molar-refractivity contribution is 9.10. The quantitative estimate of drug-likeness (QED) is 0.783. The largest absolute Gasteiger partial charge is 0.497 e. The normalized spacial score (nSPS) is 10.4. The lowest BCUT2D eigenvalue weighted by Gasteiger charge is -2.08. The first kappa shape index (κ1) is 14.6. The Kier molecular flexibility index (Phi) is 4.13.